The van der Waals surface area contributed by atoms with E-state index < -0.39 is 0 Å². The molecule has 8 heteroatoms. The van der Waals surface area contributed by atoms with Gasteiger partial charge in [-0.15, -0.1) is 0 Å². The minimum atomic E-state index is 0. The number of hydrogen-bond donors (Lipinski definition) is 0. The van der Waals surface area contributed by atoms with Gasteiger partial charge in [-0.2, -0.15) is 0 Å². The number of rotatable bonds is 3. The van der Waals surface area contributed by atoms with E-state index in [0.29, 0.717) is 0 Å². The molecule has 0 aromatic heterocycles. The van der Waals surface area contributed by atoms with Gasteiger partial charge >= 0.3 is 33.2 Å². The van der Waals surface area contributed by atoms with Gasteiger partial charge in [0, 0.05) is 101 Å². The zero-order valence-electron chi connectivity index (χ0n) is 15.3. The first-order chi connectivity index (χ1) is 11.8. The van der Waals surface area contributed by atoms with Crippen LogP contribution in [-0.2, 0) is 0 Å². The van der Waals surface area contributed by atoms with Crippen molar-refractivity contribution in [2.45, 2.75) is 0 Å². The van der Waals surface area contributed by atoms with Crippen LogP contribution < -0.4 is 7.58 Å². The Kier molecular flexibility index (Phi) is 13.8. The molecule has 0 spiro atoms. The Balaban J connectivity index is 0.00000182. The molecule has 0 bridgehead atoms. The van der Waals surface area contributed by atoms with Crippen LogP contribution in [0.2, 0.25) is 0 Å². The topological polar surface area (TPSA) is 81.5 Å². The average Bonchev–Trinajstić information content (AvgIpc) is 2.66. The standard InChI is InChI=1S/C20H14O2.2Al.2H2O.2Ra/c21-17-11-9-13-5-1-3-7-15(13)19(17)20-16-8-4-2-6-14(16)10-12-18(20)22;;;;;;/h1-12,21-22H;;;2*1H2;;/q;2*+1;;;;/p-2. The van der Waals surface area contributed by atoms with Gasteiger partial charge in [0.25, 0.3) is 0 Å². The van der Waals surface area contributed by atoms with Crippen molar-refractivity contribution in [3.05, 3.63) is 72.8 Å². The van der Waals surface area contributed by atoms with Gasteiger partial charge in [-0.3, -0.25) is 0 Å². The van der Waals surface area contributed by atoms with Crippen LogP contribution in [0.3, 0.4) is 0 Å². The van der Waals surface area contributed by atoms with Crippen molar-refractivity contribution in [3.63, 3.8) is 0 Å². The van der Waals surface area contributed by atoms with Gasteiger partial charge in [0.05, 0.1) is 11.5 Å². The Labute approximate surface area is 254 Å². The molecule has 0 aliphatic carbocycles. The molecule has 0 heterocycles. The fourth-order valence-corrected chi connectivity index (χ4v) is 3.61. The van der Waals surface area contributed by atoms with Crippen molar-refractivity contribution in [1.82, 2.24) is 0 Å². The van der Waals surface area contributed by atoms with Crippen molar-refractivity contribution in [3.8, 4) is 22.6 Å². The summed E-state index contributed by atoms with van der Waals surface area (Å²) in [5.74, 6) is 1.61. The monoisotopic (exact) mass is 826 g/mol. The van der Waals surface area contributed by atoms with E-state index in [1.807, 2.05) is 36.4 Å². The first-order valence-electron chi connectivity index (χ1n) is 7.61. The number of benzene rings is 4. The Morgan fingerprint density at radius 3 is 1.21 bits per heavy atom. The smallest absolute Gasteiger partial charge is 0.482 e. The van der Waals surface area contributed by atoms with Crippen LogP contribution >= 0.6 is 0 Å². The zero-order chi connectivity index (χ0) is 16.5. The van der Waals surface area contributed by atoms with Crippen LogP contribution in [0.1, 0.15) is 0 Å². The first-order valence-corrected chi connectivity index (χ1v) is 8.55. The summed E-state index contributed by atoms with van der Waals surface area (Å²) >= 11 is 4.70. The van der Waals surface area contributed by atoms with Crippen LogP contribution in [-0.4, -0.2) is 44.2 Å². The van der Waals surface area contributed by atoms with Crippen molar-refractivity contribution < 1.29 is 109 Å². The molecule has 4 aromatic carbocycles. The van der Waals surface area contributed by atoms with Gasteiger partial charge in [-0.1, -0.05) is 60.7 Å². The van der Waals surface area contributed by atoms with E-state index in [0.717, 1.165) is 33.4 Å². The van der Waals surface area contributed by atoms with Crippen LogP contribution in [0.15, 0.2) is 72.8 Å². The third-order valence-electron chi connectivity index (χ3n) is 4.29. The second-order valence-corrected chi connectivity index (χ2v) is 6.03. The fraction of sp³-hybridized carbons (Fsp3) is 0. The van der Waals surface area contributed by atoms with Crippen molar-refractivity contribution >= 4 is 54.8 Å². The molecule has 0 saturated heterocycles. The van der Waals surface area contributed by atoms with E-state index in [9.17, 15) is 0 Å². The first kappa shape index (κ1) is 28.9. The minimum Gasteiger partial charge on any atom is -0.653 e. The second kappa shape index (κ2) is 13.4. The van der Waals surface area contributed by atoms with E-state index in [2.05, 4.69) is 69.6 Å². The summed E-state index contributed by atoms with van der Waals surface area (Å²) in [6.45, 7) is 0. The molecule has 28 heavy (non-hydrogen) atoms. The summed E-state index contributed by atoms with van der Waals surface area (Å²) in [5, 5.41) is 4.61. The summed E-state index contributed by atoms with van der Waals surface area (Å²) in [6, 6.07) is 24.8. The average molecular weight is 826 g/mol. The summed E-state index contributed by atoms with van der Waals surface area (Å²) in [4.78, 5) is 0. The van der Waals surface area contributed by atoms with Crippen LogP contribution in [0.25, 0.3) is 32.7 Å². The van der Waals surface area contributed by atoms with Crippen LogP contribution in [0.5, 0.6) is 11.5 Å². The molecule has 0 amide bonds. The predicted octanol–water partition coefficient (Wildman–Crippen LogP) is 2.94. The molecule has 0 aliphatic rings. The summed E-state index contributed by atoms with van der Waals surface area (Å²) in [5.41, 5.74) is 2.08. The maximum Gasteiger partial charge on any atom is 0.482 e. The summed E-state index contributed by atoms with van der Waals surface area (Å²) in [6.07, 6.45) is 0. The van der Waals surface area contributed by atoms with Crippen LogP contribution in [0, 0.1) is 90.0 Å². The largest absolute Gasteiger partial charge is 0.653 e. The van der Waals surface area contributed by atoms with E-state index in [4.69, 9.17) is 7.58 Å². The van der Waals surface area contributed by atoms with Gasteiger partial charge < -0.3 is 18.5 Å². The Morgan fingerprint density at radius 2 is 0.857 bits per heavy atom. The maximum absolute atomic E-state index is 5.61. The van der Waals surface area contributed by atoms with Crippen molar-refractivity contribution in [2.24, 2.45) is 0 Å². The summed E-state index contributed by atoms with van der Waals surface area (Å²) < 4.78 is 11.2. The predicted molar refractivity (Wildman–Crippen MR) is 107 cm³/mol. The Morgan fingerprint density at radius 1 is 0.500 bits per heavy atom. The van der Waals surface area contributed by atoms with E-state index in [1.165, 1.54) is 10.8 Å². The Bertz CT molecular complexity index is 975. The molecule has 0 unspecified atom stereocenters. The Hall–Kier alpha value is 0.920. The fourth-order valence-electron chi connectivity index (χ4n) is 3.22. The molecule has 4 rings (SSSR count). The third-order valence-corrected chi connectivity index (χ3v) is 4.79. The second-order valence-electron chi connectivity index (χ2n) is 5.56. The molecular formula is C20H16Al2O4Ra2. The molecule has 8 radical (unpaired) electrons. The molecule has 4 aromatic rings. The van der Waals surface area contributed by atoms with Gasteiger partial charge in [-0.05, 0) is 33.7 Å². The molecule has 4 N–H and O–H groups in total. The van der Waals surface area contributed by atoms with E-state index in [1.54, 1.807) is 0 Å². The van der Waals surface area contributed by atoms with Crippen LogP contribution in [0.4, 0.5) is 0 Å². The van der Waals surface area contributed by atoms with Crippen molar-refractivity contribution in [2.75, 3.05) is 0 Å². The van der Waals surface area contributed by atoms with Gasteiger partial charge in [0.1, 0.15) is 0 Å². The maximum atomic E-state index is 5.61. The van der Waals surface area contributed by atoms with E-state index >= 15 is 0 Å². The molecule has 130 valence electrons. The molecule has 0 aliphatic heterocycles. The zero-order valence-corrected chi connectivity index (χ0v) is 29.2. The molecular weight excluding hydrogens is 810 g/mol. The van der Waals surface area contributed by atoms with E-state index in [-0.39, 0.29) is 101 Å². The molecule has 0 saturated carbocycles. The van der Waals surface area contributed by atoms with Gasteiger partial charge in [0.15, 0.2) is 0 Å². The van der Waals surface area contributed by atoms with Gasteiger partial charge in [-0.25, -0.2) is 0 Å². The molecule has 0 fully saturated rings. The SMILES string of the molecule is O.O.[Al][O]c1ccc2ccccc2c1-c1c([O][Al])ccc2ccccc12.[Ra].[Ra]. The van der Waals surface area contributed by atoms with Crippen molar-refractivity contribution in [1.29, 1.82) is 0 Å². The molecule has 4 nitrogen and oxygen atoms in total. The normalized spacial score (nSPS) is 9.29. The van der Waals surface area contributed by atoms with Gasteiger partial charge in [0.2, 0.25) is 0 Å². The quantitative estimate of drug-likeness (QED) is 0.298. The minimum absolute atomic E-state index is 0. The third kappa shape index (κ3) is 5.58. The number of fused-ring (bicyclic) bond motifs is 2. The summed E-state index contributed by atoms with van der Waals surface area (Å²) in [7, 11) is 0. The number of hydrogen-bond acceptors (Lipinski definition) is 2. The molecule has 0 atom stereocenters.